The number of esters is 2. The van der Waals surface area contributed by atoms with E-state index in [-0.39, 0.29) is 12.8 Å². The summed E-state index contributed by atoms with van der Waals surface area (Å²) in [6, 6.07) is 10.3. The first-order valence-electron chi connectivity index (χ1n) is 12.9. The second-order valence-electron chi connectivity index (χ2n) is 11.9. The van der Waals surface area contributed by atoms with Crippen molar-refractivity contribution in [2.75, 3.05) is 0 Å². The zero-order valence-corrected chi connectivity index (χ0v) is 23.2. The minimum atomic E-state index is -1.49. The normalized spacial score (nSPS) is 13.1. The van der Waals surface area contributed by atoms with E-state index in [1.807, 2.05) is 72.8 Å². The molecule has 0 unspecified atom stereocenters. The highest BCUT2D eigenvalue weighted by atomic mass is 16.6. The maximum Gasteiger partial charge on any atom is 0.324 e. The molecule has 5 nitrogen and oxygen atoms in total. The summed E-state index contributed by atoms with van der Waals surface area (Å²) in [6.07, 6.45) is 6.13. The molecule has 0 aliphatic carbocycles. The summed E-state index contributed by atoms with van der Waals surface area (Å²) >= 11 is 0. The van der Waals surface area contributed by atoms with Gasteiger partial charge in [-0.25, -0.2) is 0 Å². The number of nitrogens with zero attached hydrogens (tertiary/aromatic N) is 1. The summed E-state index contributed by atoms with van der Waals surface area (Å²) in [5.41, 5.74) is -0.911. The van der Waals surface area contributed by atoms with Crippen LogP contribution in [0.3, 0.4) is 0 Å². The number of carbonyl (C=O) groups excluding carboxylic acids is 2. The fourth-order valence-electron chi connectivity index (χ4n) is 4.04. The largest absolute Gasteiger partial charge is 0.459 e. The summed E-state index contributed by atoms with van der Waals surface area (Å²) in [4.78, 5) is 27.7. The van der Waals surface area contributed by atoms with Crippen LogP contribution >= 0.6 is 0 Å². The second kappa shape index (κ2) is 11.5. The molecule has 194 valence electrons. The molecular weight excluding hydrogens is 438 g/mol. The van der Waals surface area contributed by atoms with Crippen LogP contribution in [-0.4, -0.2) is 27.7 Å². The van der Waals surface area contributed by atoms with Gasteiger partial charge in [0.2, 0.25) is 0 Å². The van der Waals surface area contributed by atoms with E-state index in [2.05, 4.69) is 36.6 Å². The van der Waals surface area contributed by atoms with Gasteiger partial charge in [-0.15, -0.1) is 0 Å². The number of aromatic nitrogens is 1. The summed E-state index contributed by atoms with van der Waals surface area (Å²) in [5, 5.41) is 1.10. The van der Waals surface area contributed by atoms with Crippen LogP contribution in [0.1, 0.15) is 87.3 Å². The van der Waals surface area contributed by atoms with Crippen LogP contribution < -0.4 is 0 Å². The Hall–Kier alpha value is -2.56. The number of hydrogen-bond acceptors (Lipinski definition) is 4. The Morgan fingerprint density at radius 1 is 0.943 bits per heavy atom. The number of ether oxygens (including phenoxy) is 2. The van der Waals surface area contributed by atoms with E-state index in [0.717, 1.165) is 36.0 Å². The van der Waals surface area contributed by atoms with Gasteiger partial charge in [0.25, 0.3) is 0 Å². The quantitative estimate of drug-likeness (QED) is 0.203. The third-order valence-corrected chi connectivity index (χ3v) is 5.76. The minimum absolute atomic E-state index is 0.206. The van der Waals surface area contributed by atoms with Crippen molar-refractivity contribution in [3.05, 3.63) is 48.2 Å². The number of allylic oxidation sites excluding steroid dienone is 2. The first-order chi connectivity index (χ1) is 16.2. The molecule has 0 spiro atoms. The second-order valence-corrected chi connectivity index (χ2v) is 11.9. The predicted molar refractivity (Wildman–Crippen MR) is 143 cm³/mol. The fourth-order valence-corrected chi connectivity index (χ4v) is 4.04. The maximum absolute atomic E-state index is 13.8. The Balaban J connectivity index is 2.69. The van der Waals surface area contributed by atoms with Crippen molar-refractivity contribution in [3.8, 4) is 0 Å². The standard InChI is InChI=1S/C30H45NO4/c1-10-11-14-18-30(26(32)34-28(4,5)6,27(33)35-29(7,8)9)21-24-20-23-15-12-13-16-25(23)31(24)19-17-22(2)3/h11-16,20,22H,10,17-19,21H2,1-9H3/b14-11-. The smallest absolute Gasteiger partial charge is 0.324 e. The molecule has 5 heteroatoms. The molecule has 0 bridgehead atoms. The molecule has 0 amide bonds. The summed E-state index contributed by atoms with van der Waals surface area (Å²) in [5.74, 6) is -0.556. The molecule has 1 aromatic heterocycles. The molecule has 35 heavy (non-hydrogen) atoms. The summed E-state index contributed by atoms with van der Waals surface area (Å²) in [7, 11) is 0. The van der Waals surface area contributed by atoms with Crippen molar-refractivity contribution in [2.45, 2.75) is 106 Å². The Bertz CT molecular complexity index is 1000. The monoisotopic (exact) mass is 483 g/mol. The number of hydrogen-bond donors (Lipinski definition) is 0. The maximum atomic E-state index is 13.8. The van der Waals surface area contributed by atoms with Crippen molar-refractivity contribution >= 4 is 22.8 Å². The first-order valence-corrected chi connectivity index (χ1v) is 12.9. The van der Waals surface area contributed by atoms with E-state index in [0.29, 0.717) is 5.92 Å². The van der Waals surface area contributed by atoms with Gasteiger partial charge in [0.1, 0.15) is 11.2 Å². The van der Waals surface area contributed by atoms with Gasteiger partial charge in [-0.2, -0.15) is 0 Å². The van der Waals surface area contributed by atoms with E-state index < -0.39 is 28.6 Å². The topological polar surface area (TPSA) is 57.5 Å². The van der Waals surface area contributed by atoms with Crippen LogP contribution in [0.4, 0.5) is 0 Å². The van der Waals surface area contributed by atoms with Gasteiger partial charge in [-0.1, -0.05) is 51.1 Å². The van der Waals surface area contributed by atoms with Crippen LogP contribution in [0.5, 0.6) is 0 Å². The molecule has 0 fully saturated rings. The van der Waals surface area contributed by atoms with E-state index in [1.54, 1.807) is 0 Å². The van der Waals surface area contributed by atoms with Gasteiger partial charge in [0.05, 0.1) is 0 Å². The number of benzene rings is 1. The van der Waals surface area contributed by atoms with Gasteiger partial charge in [-0.05, 0) is 84.2 Å². The molecule has 2 aromatic rings. The van der Waals surface area contributed by atoms with Crippen molar-refractivity contribution in [1.29, 1.82) is 0 Å². The summed E-state index contributed by atoms with van der Waals surface area (Å²) in [6.45, 7) is 18.2. The van der Waals surface area contributed by atoms with Crippen LogP contribution in [-0.2, 0) is 32.0 Å². The van der Waals surface area contributed by atoms with Crippen molar-refractivity contribution in [1.82, 2.24) is 4.57 Å². The van der Waals surface area contributed by atoms with Gasteiger partial charge >= 0.3 is 11.9 Å². The van der Waals surface area contributed by atoms with Crippen molar-refractivity contribution in [2.24, 2.45) is 11.3 Å². The van der Waals surface area contributed by atoms with Crippen LogP contribution in [0.2, 0.25) is 0 Å². The number of carbonyl (C=O) groups is 2. The van der Waals surface area contributed by atoms with E-state index in [1.165, 1.54) is 0 Å². The van der Waals surface area contributed by atoms with Crippen LogP contribution in [0, 0.1) is 11.3 Å². The highest BCUT2D eigenvalue weighted by Gasteiger charge is 2.51. The molecule has 0 saturated heterocycles. The zero-order chi connectivity index (χ0) is 26.4. The lowest BCUT2D eigenvalue weighted by Crippen LogP contribution is -2.48. The lowest BCUT2D eigenvalue weighted by atomic mass is 9.79. The highest BCUT2D eigenvalue weighted by molar-refractivity contribution is 6.01. The van der Waals surface area contributed by atoms with Crippen molar-refractivity contribution < 1.29 is 19.1 Å². The first kappa shape index (κ1) is 28.7. The van der Waals surface area contributed by atoms with Gasteiger partial charge in [-0.3, -0.25) is 9.59 Å². The molecule has 0 aliphatic heterocycles. The Morgan fingerprint density at radius 3 is 2.03 bits per heavy atom. The number of rotatable bonds is 10. The minimum Gasteiger partial charge on any atom is -0.459 e. The molecule has 0 radical (unpaired) electrons. The number of para-hydroxylation sites is 1. The molecule has 0 atom stereocenters. The SMILES string of the molecule is CC/C=C\CC(Cc1cc2ccccc2n1CCC(C)C)(C(=O)OC(C)(C)C)C(=O)OC(C)(C)C. The summed E-state index contributed by atoms with van der Waals surface area (Å²) < 4.78 is 14.0. The van der Waals surface area contributed by atoms with Crippen molar-refractivity contribution in [3.63, 3.8) is 0 Å². The van der Waals surface area contributed by atoms with Gasteiger partial charge in [0.15, 0.2) is 5.41 Å². The Kier molecular flexibility index (Phi) is 9.38. The third-order valence-electron chi connectivity index (χ3n) is 5.76. The van der Waals surface area contributed by atoms with Crippen LogP contribution in [0.25, 0.3) is 10.9 Å². The average Bonchev–Trinajstić information content (AvgIpc) is 3.05. The number of fused-ring (bicyclic) bond motifs is 1. The molecule has 0 aliphatic rings. The van der Waals surface area contributed by atoms with E-state index >= 15 is 0 Å². The van der Waals surface area contributed by atoms with Crippen LogP contribution in [0.15, 0.2) is 42.5 Å². The fraction of sp³-hybridized carbons (Fsp3) is 0.600. The average molecular weight is 484 g/mol. The third kappa shape index (κ3) is 7.98. The van der Waals surface area contributed by atoms with E-state index in [9.17, 15) is 9.59 Å². The zero-order valence-electron chi connectivity index (χ0n) is 23.2. The Labute approximate surface area is 211 Å². The van der Waals surface area contributed by atoms with Gasteiger partial charge < -0.3 is 14.0 Å². The lowest BCUT2D eigenvalue weighted by Gasteiger charge is -2.34. The molecule has 0 N–H and O–H groups in total. The lowest BCUT2D eigenvalue weighted by molar-refractivity contribution is -0.185. The molecule has 1 aromatic carbocycles. The number of aryl methyl sites for hydroxylation is 1. The molecule has 2 rings (SSSR count). The van der Waals surface area contributed by atoms with E-state index in [4.69, 9.17) is 9.47 Å². The Morgan fingerprint density at radius 2 is 1.51 bits per heavy atom. The predicted octanol–water partition coefficient (Wildman–Crippen LogP) is 7.26. The highest BCUT2D eigenvalue weighted by Crippen LogP contribution is 2.37. The molecule has 0 saturated carbocycles. The van der Waals surface area contributed by atoms with Gasteiger partial charge in [0, 0.05) is 24.2 Å². The molecular formula is C30H45NO4. The molecule has 1 heterocycles.